The smallest absolute Gasteiger partial charge is 0.244 e. The first-order valence-electron chi connectivity index (χ1n) is 6.13. The molecule has 0 radical (unpaired) electrons. The van der Waals surface area contributed by atoms with Gasteiger partial charge in [-0.15, -0.1) is 12.4 Å². The molecule has 1 aliphatic heterocycles. The van der Waals surface area contributed by atoms with Crippen molar-refractivity contribution in [3.63, 3.8) is 0 Å². The summed E-state index contributed by atoms with van der Waals surface area (Å²) < 4.78 is 48.7. The number of piperidine rings is 1. The fourth-order valence-electron chi connectivity index (χ4n) is 2.08. The molecule has 1 aromatic heterocycles. The van der Waals surface area contributed by atoms with Crippen LogP contribution in [0.2, 0.25) is 0 Å². The lowest BCUT2D eigenvalue weighted by Gasteiger charge is -2.29. The van der Waals surface area contributed by atoms with Crippen LogP contribution in [-0.4, -0.2) is 51.5 Å². The first kappa shape index (κ1) is 18.3. The molecule has 0 amide bonds. The van der Waals surface area contributed by atoms with E-state index in [0.717, 1.165) is 25.3 Å². The summed E-state index contributed by atoms with van der Waals surface area (Å²) in [4.78, 5) is 3.69. The second-order valence-electron chi connectivity index (χ2n) is 4.87. The van der Waals surface area contributed by atoms with Crippen LogP contribution in [-0.2, 0) is 19.9 Å². The van der Waals surface area contributed by atoms with Crippen molar-refractivity contribution < 1.29 is 16.8 Å². The van der Waals surface area contributed by atoms with E-state index in [0.29, 0.717) is 6.54 Å². The molecular weight excluding hydrogens is 338 g/mol. The van der Waals surface area contributed by atoms with Gasteiger partial charge in [0.1, 0.15) is 4.90 Å². The number of aromatic nitrogens is 1. The van der Waals surface area contributed by atoms with Crippen molar-refractivity contribution in [1.29, 1.82) is 0 Å². The molecule has 1 aromatic rings. The van der Waals surface area contributed by atoms with Crippen LogP contribution < -0.4 is 5.73 Å². The lowest BCUT2D eigenvalue weighted by molar-refractivity contribution is 0.316. The third-order valence-electron chi connectivity index (χ3n) is 3.15. The van der Waals surface area contributed by atoms with Gasteiger partial charge < -0.3 is 5.73 Å². The van der Waals surface area contributed by atoms with E-state index in [1.54, 1.807) is 0 Å². The average Bonchev–Trinajstić information content (AvgIpc) is 2.38. The van der Waals surface area contributed by atoms with Gasteiger partial charge in [-0.3, -0.25) is 0 Å². The van der Waals surface area contributed by atoms with Crippen LogP contribution in [0.15, 0.2) is 28.3 Å². The van der Waals surface area contributed by atoms with Crippen LogP contribution in [0.3, 0.4) is 0 Å². The van der Waals surface area contributed by atoms with Gasteiger partial charge in [-0.2, -0.15) is 4.31 Å². The summed E-state index contributed by atoms with van der Waals surface area (Å²) in [5, 5.41) is -0.146. The van der Waals surface area contributed by atoms with Crippen molar-refractivity contribution in [3.8, 4) is 0 Å². The quantitative estimate of drug-likeness (QED) is 0.818. The predicted octanol–water partition coefficient (Wildman–Crippen LogP) is 0.0187. The SMILES string of the molecule is CS(=O)(=O)c1ccc(S(=O)(=O)N2CCCC(N)C2)cn1.Cl. The molecule has 1 atom stereocenters. The highest BCUT2D eigenvalue weighted by Gasteiger charge is 2.29. The number of rotatable bonds is 3. The molecule has 0 bridgehead atoms. The standard InChI is InChI=1S/C11H17N3O4S2.ClH/c1-19(15,16)11-5-4-10(7-13-11)20(17,18)14-6-2-3-9(12)8-14;/h4-5,7,9H,2-3,6,8,12H2,1H3;1H. The number of hydrogen-bond donors (Lipinski definition) is 1. The molecule has 2 heterocycles. The van der Waals surface area contributed by atoms with E-state index in [1.165, 1.54) is 16.4 Å². The third-order valence-corrected chi connectivity index (χ3v) is 6.00. The Labute approximate surface area is 130 Å². The summed E-state index contributed by atoms with van der Waals surface area (Å²) >= 11 is 0. The van der Waals surface area contributed by atoms with Gasteiger partial charge >= 0.3 is 0 Å². The third kappa shape index (κ3) is 4.13. The average molecular weight is 356 g/mol. The van der Waals surface area contributed by atoms with Gasteiger partial charge in [0, 0.05) is 31.6 Å². The Hall–Kier alpha value is -0.740. The van der Waals surface area contributed by atoms with Gasteiger partial charge in [-0.05, 0) is 25.0 Å². The fourth-order valence-corrected chi connectivity index (χ4v) is 4.12. The number of halogens is 1. The minimum absolute atomic E-state index is 0. The predicted molar refractivity (Wildman–Crippen MR) is 80.6 cm³/mol. The Kier molecular flexibility index (Phi) is 5.73. The summed E-state index contributed by atoms with van der Waals surface area (Å²) in [7, 11) is -7.10. The van der Waals surface area contributed by atoms with Gasteiger partial charge in [0.15, 0.2) is 14.9 Å². The molecule has 120 valence electrons. The Morgan fingerprint density at radius 1 is 1.29 bits per heavy atom. The number of pyridine rings is 1. The molecular formula is C11H18ClN3O4S2. The van der Waals surface area contributed by atoms with Gasteiger partial charge in [-0.25, -0.2) is 21.8 Å². The Bertz CT molecular complexity index is 689. The highest BCUT2D eigenvalue weighted by atomic mass is 35.5. The van der Waals surface area contributed by atoms with Gasteiger partial charge in [0.2, 0.25) is 10.0 Å². The number of nitrogens with two attached hydrogens (primary N) is 1. The molecule has 0 spiro atoms. The Morgan fingerprint density at radius 3 is 2.43 bits per heavy atom. The maximum atomic E-state index is 12.4. The molecule has 0 saturated carbocycles. The maximum Gasteiger partial charge on any atom is 0.244 e. The van der Waals surface area contributed by atoms with Crippen LogP contribution in [0.4, 0.5) is 0 Å². The van der Waals surface area contributed by atoms with Crippen molar-refractivity contribution in [1.82, 2.24) is 9.29 Å². The van der Waals surface area contributed by atoms with E-state index in [-0.39, 0.29) is 34.9 Å². The summed E-state index contributed by atoms with van der Waals surface area (Å²) in [6, 6.07) is 2.30. The zero-order valence-corrected chi connectivity index (χ0v) is 13.9. The van der Waals surface area contributed by atoms with Crippen molar-refractivity contribution in [2.45, 2.75) is 28.8 Å². The minimum atomic E-state index is -3.66. The second kappa shape index (κ2) is 6.57. The van der Waals surface area contributed by atoms with Crippen LogP contribution in [0, 0.1) is 0 Å². The normalized spacial score (nSPS) is 20.8. The zero-order valence-electron chi connectivity index (χ0n) is 11.5. The molecule has 1 unspecified atom stereocenters. The number of sulfonamides is 1. The van der Waals surface area contributed by atoms with E-state index in [4.69, 9.17) is 5.73 Å². The minimum Gasteiger partial charge on any atom is -0.327 e. The van der Waals surface area contributed by atoms with Gasteiger partial charge in [0.25, 0.3) is 0 Å². The molecule has 21 heavy (non-hydrogen) atoms. The molecule has 2 N–H and O–H groups in total. The monoisotopic (exact) mass is 355 g/mol. The zero-order chi connectivity index (χ0) is 15.0. The van der Waals surface area contributed by atoms with Gasteiger partial charge in [-0.1, -0.05) is 0 Å². The van der Waals surface area contributed by atoms with Crippen molar-refractivity contribution in [2.24, 2.45) is 5.73 Å². The molecule has 1 fully saturated rings. The fraction of sp³-hybridized carbons (Fsp3) is 0.545. The van der Waals surface area contributed by atoms with Gasteiger partial charge in [0.05, 0.1) is 0 Å². The summed E-state index contributed by atoms with van der Waals surface area (Å²) in [6.07, 6.45) is 3.62. The van der Waals surface area contributed by atoms with Crippen LogP contribution in [0.25, 0.3) is 0 Å². The van der Waals surface area contributed by atoms with Crippen molar-refractivity contribution >= 4 is 32.3 Å². The number of nitrogens with zero attached hydrogens (tertiary/aromatic N) is 2. The topological polar surface area (TPSA) is 110 Å². The molecule has 7 nitrogen and oxygen atoms in total. The highest BCUT2D eigenvalue weighted by Crippen LogP contribution is 2.20. The molecule has 1 aliphatic rings. The largest absolute Gasteiger partial charge is 0.327 e. The van der Waals surface area contributed by atoms with Crippen LogP contribution in [0.1, 0.15) is 12.8 Å². The summed E-state index contributed by atoms with van der Waals surface area (Å²) in [5.41, 5.74) is 5.78. The van der Waals surface area contributed by atoms with E-state index >= 15 is 0 Å². The molecule has 1 saturated heterocycles. The van der Waals surface area contributed by atoms with Crippen molar-refractivity contribution in [2.75, 3.05) is 19.3 Å². The van der Waals surface area contributed by atoms with Crippen molar-refractivity contribution in [3.05, 3.63) is 18.3 Å². The van der Waals surface area contributed by atoms with Crippen LogP contribution >= 0.6 is 12.4 Å². The van der Waals surface area contributed by atoms with E-state index < -0.39 is 19.9 Å². The first-order valence-corrected chi connectivity index (χ1v) is 9.46. The molecule has 10 heteroatoms. The lowest BCUT2D eigenvalue weighted by atomic mass is 10.1. The second-order valence-corrected chi connectivity index (χ2v) is 8.77. The lowest BCUT2D eigenvalue weighted by Crippen LogP contribution is -2.45. The van der Waals surface area contributed by atoms with E-state index in [9.17, 15) is 16.8 Å². The molecule has 2 rings (SSSR count). The van der Waals surface area contributed by atoms with E-state index in [2.05, 4.69) is 4.98 Å². The maximum absolute atomic E-state index is 12.4. The summed E-state index contributed by atoms with van der Waals surface area (Å²) in [6.45, 7) is 0.694. The Balaban J connectivity index is 0.00000220. The van der Waals surface area contributed by atoms with Crippen LogP contribution in [0.5, 0.6) is 0 Å². The summed E-state index contributed by atoms with van der Waals surface area (Å²) in [5.74, 6) is 0. The van der Waals surface area contributed by atoms with E-state index in [1.807, 2.05) is 0 Å². The molecule has 0 aliphatic carbocycles. The molecule has 0 aromatic carbocycles. The number of hydrogen-bond acceptors (Lipinski definition) is 6. The first-order chi connectivity index (χ1) is 9.21. The Morgan fingerprint density at radius 2 is 1.95 bits per heavy atom. The highest BCUT2D eigenvalue weighted by molar-refractivity contribution is 7.90. The number of sulfone groups is 1.